The molecule has 1 aromatic heterocycles. The number of anilines is 3. The summed E-state index contributed by atoms with van der Waals surface area (Å²) in [6.45, 7) is 1.96. The van der Waals surface area contributed by atoms with E-state index in [4.69, 9.17) is 17.3 Å². The van der Waals surface area contributed by atoms with Gasteiger partial charge < -0.3 is 10.6 Å². The number of sulfonamides is 1. The summed E-state index contributed by atoms with van der Waals surface area (Å²) in [5.41, 5.74) is 8.22. The summed E-state index contributed by atoms with van der Waals surface area (Å²) >= 11 is 5.85. The van der Waals surface area contributed by atoms with Crippen LogP contribution in [0.3, 0.4) is 0 Å². The molecule has 0 spiro atoms. The molecule has 0 unspecified atom stereocenters. The van der Waals surface area contributed by atoms with Crippen LogP contribution < -0.4 is 14.9 Å². The van der Waals surface area contributed by atoms with Crippen molar-refractivity contribution < 1.29 is 8.42 Å². The van der Waals surface area contributed by atoms with Crippen LogP contribution >= 0.6 is 11.6 Å². The van der Waals surface area contributed by atoms with Crippen LogP contribution in [0.5, 0.6) is 0 Å². The van der Waals surface area contributed by atoms with Gasteiger partial charge in [0.1, 0.15) is 10.7 Å². The van der Waals surface area contributed by atoms with Gasteiger partial charge in [0.2, 0.25) is 0 Å². The second-order valence-corrected chi connectivity index (χ2v) is 7.75. The maximum absolute atomic E-state index is 12.8. The molecule has 1 aromatic carbocycles. The Bertz CT molecular complexity index is 837. The fourth-order valence-electron chi connectivity index (χ4n) is 2.20. The fraction of sp³-hybridized carbons (Fsp3) is 0.267. The van der Waals surface area contributed by atoms with Gasteiger partial charge in [0.05, 0.1) is 10.7 Å². The zero-order valence-corrected chi connectivity index (χ0v) is 15.0. The molecule has 0 bridgehead atoms. The van der Waals surface area contributed by atoms with Gasteiger partial charge in [0, 0.05) is 33.0 Å². The average molecular weight is 355 g/mol. The average Bonchev–Trinajstić information content (AvgIpc) is 2.49. The van der Waals surface area contributed by atoms with E-state index in [2.05, 4.69) is 4.98 Å². The molecular weight excluding hydrogens is 336 g/mol. The van der Waals surface area contributed by atoms with Crippen molar-refractivity contribution in [3.05, 3.63) is 41.0 Å². The van der Waals surface area contributed by atoms with Crippen LogP contribution in [0.1, 0.15) is 5.56 Å². The first-order valence-corrected chi connectivity index (χ1v) is 8.64. The van der Waals surface area contributed by atoms with E-state index >= 15 is 0 Å². The molecule has 2 N–H and O–H groups in total. The first-order chi connectivity index (χ1) is 10.6. The Balaban J connectivity index is 2.53. The van der Waals surface area contributed by atoms with Crippen molar-refractivity contribution in [2.24, 2.45) is 0 Å². The van der Waals surface area contributed by atoms with Crippen molar-refractivity contribution in [1.82, 2.24) is 4.98 Å². The highest BCUT2D eigenvalue weighted by molar-refractivity contribution is 7.93. The number of nitrogens with zero attached hydrogens (tertiary/aromatic N) is 3. The summed E-state index contributed by atoms with van der Waals surface area (Å²) in [6, 6.07) is 6.72. The summed E-state index contributed by atoms with van der Waals surface area (Å²) < 4.78 is 26.8. The highest BCUT2D eigenvalue weighted by atomic mass is 35.5. The predicted octanol–water partition coefficient (Wildman–Crippen LogP) is 2.52. The van der Waals surface area contributed by atoms with Gasteiger partial charge in [-0.2, -0.15) is 0 Å². The molecule has 0 aliphatic carbocycles. The van der Waals surface area contributed by atoms with Crippen LogP contribution in [0.15, 0.2) is 35.4 Å². The maximum atomic E-state index is 12.8. The number of nitrogen functional groups attached to an aromatic ring is 1. The Morgan fingerprint density at radius 1 is 1.17 bits per heavy atom. The van der Waals surface area contributed by atoms with Gasteiger partial charge in [-0.05, 0) is 30.7 Å². The highest BCUT2D eigenvalue weighted by Gasteiger charge is 2.25. The minimum Gasteiger partial charge on any atom is -0.383 e. The molecule has 0 aliphatic heterocycles. The molecule has 0 atom stereocenters. The van der Waals surface area contributed by atoms with Crippen molar-refractivity contribution in [2.45, 2.75) is 11.8 Å². The molecule has 8 heteroatoms. The molecule has 124 valence electrons. The molecule has 0 radical (unpaired) electrons. The first kappa shape index (κ1) is 17.4. The predicted molar refractivity (Wildman–Crippen MR) is 94.8 cm³/mol. The van der Waals surface area contributed by atoms with Crippen LogP contribution in [0.25, 0.3) is 0 Å². The van der Waals surface area contributed by atoms with Gasteiger partial charge in [-0.3, -0.25) is 4.31 Å². The number of nitrogens with two attached hydrogens (primary N) is 1. The number of hydrogen-bond acceptors (Lipinski definition) is 5. The van der Waals surface area contributed by atoms with E-state index < -0.39 is 10.0 Å². The smallest absolute Gasteiger partial charge is 0.267 e. The quantitative estimate of drug-likeness (QED) is 0.912. The van der Waals surface area contributed by atoms with E-state index in [9.17, 15) is 8.42 Å². The highest BCUT2D eigenvalue weighted by Crippen LogP contribution is 2.30. The zero-order chi connectivity index (χ0) is 17.4. The molecule has 0 saturated carbocycles. The topological polar surface area (TPSA) is 79.5 Å². The summed E-state index contributed by atoms with van der Waals surface area (Å²) in [5, 5.41) is 0.212. The lowest BCUT2D eigenvalue weighted by molar-refractivity contribution is 0.594. The number of halogens is 1. The SMILES string of the molecule is Cc1ccc(N(C)S(=O)(=O)c2cc(Cl)cnc2N)cc1N(C)C. The molecule has 0 saturated heterocycles. The first-order valence-electron chi connectivity index (χ1n) is 6.82. The molecule has 0 aliphatic rings. The Morgan fingerprint density at radius 2 is 1.83 bits per heavy atom. The van der Waals surface area contributed by atoms with Gasteiger partial charge in [0.15, 0.2) is 0 Å². The number of aromatic nitrogens is 1. The van der Waals surface area contributed by atoms with Crippen molar-refractivity contribution >= 4 is 38.8 Å². The monoisotopic (exact) mass is 354 g/mol. The van der Waals surface area contributed by atoms with Crippen LogP contribution in [0.2, 0.25) is 5.02 Å². The number of pyridine rings is 1. The lowest BCUT2D eigenvalue weighted by Gasteiger charge is -2.23. The standard InChI is InChI=1S/C15H19ClN4O2S/c1-10-5-6-12(8-13(10)19(2)3)20(4)23(21,22)14-7-11(16)9-18-15(14)17/h5-9H,1-4H3,(H2,17,18). The summed E-state index contributed by atoms with van der Waals surface area (Å²) in [4.78, 5) is 5.63. The number of rotatable bonds is 4. The van der Waals surface area contributed by atoms with Gasteiger partial charge >= 0.3 is 0 Å². The molecule has 23 heavy (non-hydrogen) atoms. The van der Waals surface area contributed by atoms with Crippen LogP contribution in [0.4, 0.5) is 17.2 Å². The fourth-order valence-corrected chi connectivity index (χ4v) is 3.70. The molecular formula is C15H19ClN4O2S. The van der Waals surface area contributed by atoms with E-state index in [1.165, 1.54) is 23.6 Å². The van der Waals surface area contributed by atoms with Gasteiger partial charge in [-0.25, -0.2) is 13.4 Å². The Labute approximate surface area is 141 Å². The molecule has 2 aromatic rings. The summed E-state index contributed by atoms with van der Waals surface area (Å²) in [5.74, 6) is -0.0822. The molecule has 1 heterocycles. The summed E-state index contributed by atoms with van der Waals surface area (Å²) in [7, 11) is 1.42. The van der Waals surface area contributed by atoms with Crippen LogP contribution in [-0.2, 0) is 10.0 Å². The third-order valence-corrected chi connectivity index (χ3v) is 5.55. The minimum atomic E-state index is -3.86. The third-order valence-electron chi connectivity index (χ3n) is 3.52. The number of aryl methyl sites for hydroxylation is 1. The third kappa shape index (κ3) is 3.35. The van der Waals surface area contributed by atoms with Gasteiger partial charge in [0.25, 0.3) is 10.0 Å². The Hall–Kier alpha value is -1.99. The summed E-state index contributed by atoms with van der Waals surface area (Å²) in [6.07, 6.45) is 1.31. The number of benzene rings is 1. The van der Waals surface area contributed by atoms with Gasteiger partial charge in [-0.1, -0.05) is 17.7 Å². The van der Waals surface area contributed by atoms with Crippen LogP contribution in [0, 0.1) is 6.92 Å². The van der Waals surface area contributed by atoms with E-state index in [1.807, 2.05) is 32.0 Å². The van der Waals surface area contributed by atoms with Crippen LogP contribution in [-0.4, -0.2) is 34.5 Å². The lowest BCUT2D eigenvalue weighted by atomic mass is 10.1. The van der Waals surface area contributed by atoms with E-state index in [-0.39, 0.29) is 15.7 Å². The molecule has 0 fully saturated rings. The maximum Gasteiger partial charge on any atom is 0.267 e. The lowest BCUT2D eigenvalue weighted by Crippen LogP contribution is -2.28. The van der Waals surface area contributed by atoms with E-state index in [1.54, 1.807) is 12.1 Å². The second-order valence-electron chi connectivity index (χ2n) is 5.37. The van der Waals surface area contributed by atoms with Crippen molar-refractivity contribution in [2.75, 3.05) is 36.1 Å². The van der Waals surface area contributed by atoms with Crippen molar-refractivity contribution in [1.29, 1.82) is 0 Å². The van der Waals surface area contributed by atoms with Crippen molar-refractivity contribution in [3.63, 3.8) is 0 Å². The largest absolute Gasteiger partial charge is 0.383 e. The minimum absolute atomic E-state index is 0.0822. The van der Waals surface area contributed by atoms with E-state index in [0.29, 0.717) is 5.69 Å². The van der Waals surface area contributed by atoms with Gasteiger partial charge in [-0.15, -0.1) is 0 Å². The van der Waals surface area contributed by atoms with E-state index in [0.717, 1.165) is 11.3 Å². The van der Waals surface area contributed by atoms with Crippen molar-refractivity contribution in [3.8, 4) is 0 Å². The zero-order valence-electron chi connectivity index (χ0n) is 13.4. The Morgan fingerprint density at radius 3 is 2.43 bits per heavy atom. The number of hydrogen-bond donors (Lipinski definition) is 1. The second kappa shape index (κ2) is 6.25. The molecule has 6 nitrogen and oxygen atoms in total. The Kier molecular flexibility index (Phi) is 4.72. The molecule has 2 rings (SSSR count). The normalized spacial score (nSPS) is 11.3. The molecule has 0 amide bonds.